The molecule has 0 aliphatic carbocycles. The molecule has 0 radical (unpaired) electrons. The van der Waals surface area contributed by atoms with Gasteiger partial charge >= 0.3 is 0 Å². The van der Waals surface area contributed by atoms with E-state index in [9.17, 15) is 0 Å². The molecule has 1 aliphatic rings. The fourth-order valence-electron chi connectivity index (χ4n) is 3.61. The number of aliphatic imine (C=N–C) groups is 1. The largest absolute Gasteiger partial charge is 0.444 e. The second-order valence-electron chi connectivity index (χ2n) is 7.91. The van der Waals surface area contributed by atoms with Crippen molar-refractivity contribution in [1.29, 1.82) is 0 Å². The Morgan fingerprint density at radius 1 is 1.31 bits per heavy atom. The Morgan fingerprint density at radius 2 is 2.07 bits per heavy atom. The molecule has 1 aromatic heterocycles. The number of guanidine groups is 1. The first kappa shape index (κ1) is 23.7. The fraction of sp³-hybridized carbons (Fsp3) is 0.545. The van der Waals surface area contributed by atoms with Crippen LogP contribution in [0.15, 0.2) is 39.9 Å². The zero-order valence-corrected chi connectivity index (χ0v) is 20.3. The molecule has 2 unspecified atom stereocenters. The number of likely N-dealkylation sites (tertiary alicyclic amines) is 1. The van der Waals surface area contributed by atoms with Gasteiger partial charge in [0.05, 0.1) is 12.2 Å². The summed E-state index contributed by atoms with van der Waals surface area (Å²) in [7, 11) is 1.80. The number of hydrogen-bond donors (Lipinski definition) is 2. The van der Waals surface area contributed by atoms with Crippen molar-refractivity contribution in [3.8, 4) is 11.5 Å². The van der Waals surface area contributed by atoms with Crippen LogP contribution in [0.4, 0.5) is 0 Å². The quantitative estimate of drug-likeness (QED) is 0.348. The van der Waals surface area contributed by atoms with Crippen molar-refractivity contribution in [3.05, 3.63) is 41.8 Å². The third-order valence-electron chi connectivity index (χ3n) is 5.39. The normalized spacial score (nSPS) is 18.8. The topological polar surface area (TPSA) is 65.7 Å². The molecule has 0 amide bonds. The van der Waals surface area contributed by atoms with Crippen LogP contribution in [-0.4, -0.2) is 48.6 Å². The van der Waals surface area contributed by atoms with Gasteiger partial charge in [0.2, 0.25) is 5.89 Å². The van der Waals surface area contributed by atoms with Gasteiger partial charge in [-0.1, -0.05) is 24.6 Å². The lowest BCUT2D eigenvalue weighted by Gasteiger charge is -2.35. The molecule has 2 atom stereocenters. The number of aromatic nitrogens is 1. The van der Waals surface area contributed by atoms with E-state index in [-0.39, 0.29) is 24.0 Å². The van der Waals surface area contributed by atoms with Crippen LogP contribution in [-0.2, 0) is 6.54 Å². The van der Waals surface area contributed by atoms with Crippen LogP contribution >= 0.6 is 24.0 Å². The van der Waals surface area contributed by atoms with Crippen LogP contribution in [0.1, 0.15) is 37.9 Å². The number of aryl methyl sites for hydroxylation is 1. The minimum atomic E-state index is 0. The van der Waals surface area contributed by atoms with Gasteiger partial charge in [-0.2, -0.15) is 0 Å². The molecule has 2 N–H and O–H groups in total. The Kier molecular flexibility index (Phi) is 9.42. The standard InChI is InChI=1S/C22H33N5O.HI/c1-16-7-9-19(10-8-16)21-26-20(15-28-21)13-25-22(23-4)24-12-18(3)27-11-5-6-17(2)14-27;/h7-10,15,17-18H,5-6,11-14H2,1-4H3,(H2,23,24,25);1H. The Balaban J connectivity index is 0.00000300. The number of benzene rings is 1. The highest BCUT2D eigenvalue weighted by Crippen LogP contribution is 2.19. The maximum atomic E-state index is 5.63. The van der Waals surface area contributed by atoms with Crippen LogP contribution in [0.25, 0.3) is 11.5 Å². The molecule has 1 aliphatic heterocycles. The molecular formula is C22H34IN5O. The second-order valence-corrected chi connectivity index (χ2v) is 7.91. The summed E-state index contributed by atoms with van der Waals surface area (Å²) in [6.45, 7) is 10.5. The predicted molar refractivity (Wildman–Crippen MR) is 130 cm³/mol. The van der Waals surface area contributed by atoms with Crippen molar-refractivity contribution >= 4 is 29.9 Å². The van der Waals surface area contributed by atoms with Crippen molar-refractivity contribution in [2.75, 3.05) is 26.7 Å². The third-order valence-corrected chi connectivity index (χ3v) is 5.39. The molecule has 1 fully saturated rings. The number of halogens is 1. The zero-order chi connectivity index (χ0) is 19.9. The predicted octanol–water partition coefficient (Wildman–Crippen LogP) is 4.05. The Labute approximate surface area is 191 Å². The van der Waals surface area contributed by atoms with E-state index in [2.05, 4.69) is 58.4 Å². The van der Waals surface area contributed by atoms with Crippen molar-refractivity contribution in [3.63, 3.8) is 0 Å². The van der Waals surface area contributed by atoms with Crippen molar-refractivity contribution in [1.82, 2.24) is 20.5 Å². The second kappa shape index (κ2) is 11.5. The first-order valence-corrected chi connectivity index (χ1v) is 10.2. The van der Waals surface area contributed by atoms with Crippen LogP contribution in [0.5, 0.6) is 0 Å². The lowest BCUT2D eigenvalue weighted by molar-refractivity contribution is 0.139. The van der Waals surface area contributed by atoms with E-state index in [4.69, 9.17) is 4.42 Å². The number of hydrogen-bond acceptors (Lipinski definition) is 4. The molecule has 3 rings (SSSR count). The summed E-state index contributed by atoms with van der Waals surface area (Å²) < 4.78 is 5.63. The summed E-state index contributed by atoms with van der Waals surface area (Å²) in [6, 6.07) is 8.67. The third kappa shape index (κ3) is 6.99. The number of nitrogens with one attached hydrogen (secondary N) is 2. The Morgan fingerprint density at radius 3 is 2.76 bits per heavy atom. The number of piperidine rings is 1. The summed E-state index contributed by atoms with van der Waals surface area (Å²) in [6.07, 6.45) is 4.35. The Bertz CT molecular complexity index is 774. The van der Waals surface area contributed by atoms with E-state index >= 15 is 0 Å². The van der Waals surface area contributed by atoms with Gasteiger partial charge in [0.1, 0.15) is 6.26 Å². The van der Waals surface area contributed by atoms with E-state index in [1.165, 1.54) is 31.5 Å². The molecule has 29 heavy (non-hydrogen) atoms. The lowest BCUT2D eigenvalue weighted by atomic mass is 9.99. The van der Waals surface area contributed by atoms with Gasteiger partial charge in [0.25, 0.3) is 0 Å². The number of rotatable bonds is 6. The van der Waals surface area contributed by atoms with E-state index < -0.39 is 0 Å². The summed E-state index contributed by atoms with van der Waals surface area (Å²) in [5.41, 5.74) is 3.07. The first-order valence-electron chi connectivity index (χ1n) is 10.2. The number of oxazole rings is 1. The molecule has 2 heterocycles. The molecule has 6 nitrogen and oxygen atoms in total. The maximum absolute atomic E-state index is 5.63. The maximum Gasteiger partial charge on any atom is 0.226 e. The van der Waals surface area contributed by atoms with E-state index in [0.717, 1.165) is 29.7 Å². The van der Waals surface area contributed by atoms with E-state index in [1.807, 2.05) is 12.1 Å². The average molecular weight is 511 g/mol. The monoisotopic (exact) mass is 511 g/mol. The van der Waals surface area contributed by atoms with Gasteiger partial charge in [-0.25, -0.2) is 4.98 Å². The van der Waals surface area contributed by atoms with Crippen molar-refractivity contribution in [2.24, 2.45) is 10.9 Å². The molecule has 160 valence electrons. The summed E-state index contributed by atoms with van der Waals surface area (Å²) >= 11 is 0. The molecule has 2 aromatic rings. The number of nitrogens with zero attached hydrogens (tertiary/aromatic N) is 3. The van der Waals surface area contributed by atoms with Gasteiger partial charge in [0.15, 0.2) is 5.96 Å². The molecule has 0 saturated carbocycles. The lowest BCUT2D eigenvalue weighted by Crippen LogP contribution is -2.48. The highest BCUT2D eigenvalue weighted by atomic mass is 127. The molecule has 7 heteroatoms. The molecule has 0 spiro atoms. The van der Waals surface area contributed by atoms with Crippen LogP contribution in [0.2, 0.25) is 0 Å². The first-order chi connectivity index (χ1) is 13.5. The van der Waals surface area contributed by atoms with E-state index in [0.29, 0.717) is 18.5 Å². The fourth-order valence-corrected chi connectivity index (χ4v) is 3.61. The van der Waals surface area contributed by atoms with Gasteiger partial charge < -0.3 is 15.1 Å². The average Bonchev–Trinajstić information content (AvgIpc) is 3.17. The van der Waals surface area contributed by atoms with Crippen molar-refractivity contribution in [2.45, 2.75) is 46.2 Å². The Hall–Kier alpha value is -1.61. The van der Waals surface area contributed by atoms with E-state index in [1.54, 1.807) is 13.3 Å². The zero-order valence-electron chi connectivity index (χ0n) is 17.9. The van der Waals surface area contributed by atoms with Gasteiger partial charge in [-0.3, -0.25) is 9.89 Å². The highest BCUT2D eigenvalue weighted by molar-refractivity contribution is 14.0. The minimum absolute atomic E-state index is 0. The van der Waals surface area contributed by atoms with Crippen LogP contribution in [0, 0.1) is 12.8 Å². The van der Waals surface area contributed by atoms with Gasteiger partial charge in [-0.15, -0.1) is 24.0 Å². The summed E-state index contributed by atoms with van der Waals surface area (Å²) in [5.74, 6) is 2.23. The summed E-state index contributed by atoms with van der Waals surface area (Å²) in [5, 5.41) is 6.76. The summed E-state index contributed by atoms with van der Waals surface area (Å²) in [4.78, 5) is 11.5. The van der Waals surface area contributed by atoms with Crippen molar-refractivity contribution < 1.29 is 4.42 Å². The van der Waals surface area contributed by atoms with Crippen LogP contribution in [0.3, 0.4) is 0 Å². The smallest absolute Gasteiger partial charge is 0.226 e. The SMILES string of the molecule is CN=C(NCc1coc(-c2ccc(C)cc2)n1)NCC(C)N1CCCC(C)C1.I. The molecule has 1 saturated heterocycles. The molecule has 1 aromatic carbocycles. The minimum Gasteiger partial charge on any atom is -0.444 e. The van der Waals surface area contributed by atoms with Gasteiger partial charge in [-0.05, 0) is 51.3 Å². The molecular weight excluding hydrogens is 477 g/mol. The highest BCUT2D eigenvalue weighted by Gasteiger charge is 2.20. The van der Waals surface area contributed by atoms with Crippen LogP contribution < -0.4 is 10.6 Å². The van der Waals surface area contributed by atoms with Gasteiger partial charge in [0, 0.05) is 31.7 Å². The molecule has 0 bridgehead atoms.